The number of rotatable bonds is 7. The Hall–Kier alpha value is -3.97. The van der Waals surface area contributed by atoms with Crippen molar-refractivity contribution in [2.45, 2.75) is 6.61 Å². The predicted molar refractivity (Wildman–Crippen MR) is 111 cm³/mol. The first-order valence-electron chi connectivity index (χ1n) is 9.05. The van der Waals surface area contributed by atoms with Gasteiger partial charge in [-0.05, 0) is 42.0 Å². The second-order valence-corrected chi connectivity index (χ2v) is 6.29. The maximum absolute atomic E-state index is 13.7. The second kappa shape index (κ2) is 9.99. The zero-order valence-corrected chi connectivity index (χ0v) is 15.8. The standard InChI is InChI=1S/C23H19FN2O4/c24-21-7-2-1-4-18(21)15-30-20-6-3-5-19(14-20)25-22(27)13-10-16-8-11-17(12-9-16)23(28)26-29/h1-14,29H,15H2,(H,25,27)(H,26,28)/b13-10+. The minimum Gasteiger partial charge on any atom is -0.489 e. The fraction of sp³-hybridized carbons (Fsp3) is 0.0435. The lowest BCUT2D eigenvalue weighted by Gasteiger charge is -2.09. The molecule has 0 unspecified atom stereocenters. The van der Waals surface area contributed by atoms with E-state index in [4.69, 9.17) is 9.94 Å². The summed E-state index contributed by atoms with van der Waals surface area (Å²) in [5.74, 6) is -0.797. The van der Waals surface area contributed by atoms with Crippen molar-refractivity contribution in [3.63, 3.8) is 0 Å². The van der Waals surface area contributed by atoms with E-state index in [-0.39, 0.29) is 18.3 Å². The van der Waals surface area contributed by atoms with E-state index in [2.05, 4.69) is 5.32 Å². The topological polar surface area (TPSA) is 87.7 Å². The van der Waals surface area contributed by atoms with E-state index >= 15 is 0 Å². The minimum atomic E-state index is -0.611. The molecule has 0 saturated heterocycles. The van der Waals surface area contributed by atoms with E-state index < -0.39 is 5.91 Å². The second-order valence-electron chi connectivity index (χ2n) is 6.29. The fourth-order valence-electron chi connectivity index (χ4n) is 2.61. The summed E-state index contributed by atoms with van der Waals surface area (Å²) in [6.07, 6.45) is 2.95. The van der Waals surface area contributed by atoms with Crippen LogP contribution in [0, 0.1) is 5.82 Å². The predicted octanol–water partition coefficient (Wildman–Crippen LogP) is 4.18. The molecule has 3 aromatic rings. The van der Waals surface area contributed by atoms with Crippen molar-refractivity contribution in [2.75, 3.05) is 5.32 Å². The van der Waals surface area contributed by atoms with Crippen LogP contribution in [0.25, 0.3) is 6.08 Å². The monoisotopic (exact) mass is 406 g/mol. The number of halogens is 1. The number of benzene rings is 3. The smallest absolute Gasteiger partial charge is 0.274 e. The Morgan fingerprint density at radius 3 is 2.50 bits per heavy atom. The normalized spacial score (nSPS) is 10.6. The number of hydrogen-bond acceptors (Lipinski definition) is 4. The highest BCUT2D eigenvalue weighted by Crippen LogP contribution is 2.19. The molecule has 3 N–H and O–H groups in total. The summed E-state index contributed by atoms with van der Waals surface area (Å²) in [5, 5.41) is 11.3. The molecule has 3 aromatic carbocycles. The van der Waals surface area contributed by atoms with Crippen LogP contribution in [0.2, 0.25) is 0 Å². The molecular formula is C23H19FN2O4. The first-order chi connectivity index (χ1) is 14.5. The Morgan fingerprint density at radius 1 is 1.00 bits per heavy atom. The van der Waals surface area contributed by atoms with Gasteiger partial charge in [-0.2, -0.15) is 0 Å². The molecule has 3 rings (SSSR count). The lowest BCUT2D eigenvalue weighted by atomic mass is 10.1. The minimum absolute atomic E-state index is 0.0777. The molecule has 0 atom stereocenters. The molecular weight excluding hydrogens is 387 g/mol. The fourth-order valence-corrected chi connectivity index (χ4v) is 2.61. The number of amides is 2. The average molecular weight is 406 g/mol. The molecule has 0 heterocycles. The Balaban J connectivity index is 1.57. The van der Waals surface area contributed by atoms with Crippen LogP contribution in [0.4, 0.5) is 10.1 Å². The number of hydrogen-bond donors (Lipinski definition) is 3. The maximum atomic E-state index is 13.7. The molecule has 0 bridgehead atoms. The molecule has 0 fully saturated rings. The number of carbonyl (C=O) groups is 2. The van der Waals surface area contributed by atoms with Gasteiger partial charge in [-0.15, -0.1) is 0 Å². The van der Waals surface area contributed by atoms with Gasteiger partial charge in [-0.25, -0.2) is 9.87 Å². The van der Waals surface area contributed by atoms with Gasteiger partial charge in [0.1, 0.15) is 18.2 Å². The Labute approximate surface area is 172 Å². The molecule has 0 radical (unpaired) electrons. The van der Waals surface area contributed by atoms with Crippen molar-refractivity contribution in [2.24, 2.45) is 0 Å². The van der Waals surface area contributed by atoms with E-state index in [1.807, 2.05) is 0 Å². The van der Waals surface area contributed by atoms with Crippen molar-refractivity contribution in [1.82, 2.24) is 5.48 Å². The van der Waals surface area contributed by atoms with Gasteiger partial charge in [0.25, 0.3) is 5.91 Å². The van der Waals surface area contributed by atoms with Gasteiger partial charge >= 0.3 is 0 Å². The third kappa shape index (κ3) is 5.76. The third-order valence-electron chi connectivity index (χ3n) is 4.16. The van der Waals surface area contributed by atoms with Crippen molar-refractivity contribution >= 4 is 23.6 Å². The van der Waals surface area contributed by atoms with Crippen LogP contribution in [0.5, 0.6) is 5.75 Å². The van der Waals surface area contributed by atoms with Crippen LogP contribution in [0.3, 0.4) is 0 Å². The first-order valence-corrected chi connectivity index (χ1v) is 9.05. The van der Waals surface area contributed by atoms with Crippen LogP contribution < -0.4 is 15.5 Å². The van der Waals surface area contributed by atoms with Gasteiger partial charge < -0.3 is 10.1 Å². The van der Waals surface area contributed by atoms with Crippen LogP contribution in [-0.4, -0.2) is 17.0 Å². The van der Waals surface area contributed by atoms with Gasteiger partial charge in [0.2, 0.25) is 5.91 Å². The molecule has 0 aliphatic carbocycles. The summed E-state index contributed by atoms with van der Waals surface area (Å²) in [6.45, 7) is 0.0777. The first kappa shape index (κ1) is 20.8. The van der Waals surface area contributed by atoms with Crippen molar-refractivity contribution < 1.29 is 23.9 Å². The van der Waals surface area contributed by atoms with Gasteiger partial charge in [-0.3, -0.25) is 14.8 Å². The van der Waals surface area contributed by atoms with Gasteiger partial charge in [0.15, 0.2) is 0 Å². The van der Waals surface area contributed by atoms with Crippen LogP contribution >= 0.6 is 0 Å². The highest BCUT2D eigenvalue weighted by atomic mass is 19.1. The number of carbonyl (C=O) groups excluding carboxylic acids is 2. The summed E-state index contributed by atoms with van der Waals surface area (Å²) < 4.78 is 19.3. The van der Waals surface area contributed by atoms with Crippen molar-refractivity contribution in [3.8, 4) is 5.75 Å². The Morgan fingerprint density at radius 2 is 1.77 bits per heavy atom. The van der Waals surface area contributed by atoms with E-state index in [1.165, 1.54) is 24.3 Å². The molecule has 2 amide bonds. The van der Waals surface area contributed by atoms with E-state index in [1.54, 1.807) is 66.2 Å². The van der Waals surface area contributed by atoms with Crippen LogP contribution in [-0.2, 0) is 11.4 Å². The Bertz CT molecular complexity index is 1060. The highest BCUT2D eigenvalue weighted by Gasteiger charge is 2.05. The quantitative estimate of drug-likeness (QED) is 0.312. The van der Waals surface area contributed by atoms with Crippen molar-refractivity contribution in [3.05, 3.63) is 101 Å². The van der Waals surface area contributed by atoms with Crippen molar-refractivity contribution in [1.29, 1.82) is 0 Å². The molecule has 152 valence electrons. The van der Waals surface area contributed by atoms with Crippen LogP contribution in [0.1, 0.15) is 21.5 Å². The van der Waals surface area contributed by atoms with Gasteiger partial charge in [-0.1, -0.05) is 36.4 Å². The molecule has 0 saturated carbocycles. The van der Waals surface area contributed by atoms with Gasteiger partial charge in [0.05, 0.1) is 0 Å². The molecule has 30 heavy (non-hydrogen) atoms. The van der Waals surface area contributed by atoms with Crippen LogP contribution in [0.15, 0.2) is 78.9 Å². The highest BCUT2D eigenvalue weighted by molar-refractivity contribution is 6.02. The van der Waals surface area contributed by atoms with E-state index in [0.29, 0.717) is 28.1 Å². The summed E-state index contributed by atoms with van der Waals surface area (Å²) in [5.41, 5.74) is 3.54. The maximum Gasteiger partial charge on any atom is 0.274 e. The summed E-state index contributed by atoms with van der Waals surface area (Å²) in [6, 6.07) is 19.5. The lowest BCUT2D eigenvalue weighted by Crippen LogP contribution is -2.18. The Kier molecular flexibility index (Phi) is 6.91. The average Bonchev–Trinajstić information content (AvgIpc) is 2.77. The zero-order chi connectivity index (χ0) is 21.3. The molecule has 0 aliphatic rings. The molecule has 7 heteroatoms. The number of nitrogens with one attached hydrogen (secondary N) is 2. The largest absolute Gasteiger partial charge is 0.489 e. The van der Waals surface area contributed by atoms with E-state index in [9.17, 15) is 14.0 Å². The SMILES string of the molecule is O=C(/C=C/c1ccc(C(=O)NO)cc1)Nc1cccc(OCc2ccccc2F)c1. The number of anilines is 1. The molecule has 0 aromatic heterocycles. The number of ether oxygens (including phenoxy) is 1. The van der Waals surface area contributed by atoms with Gasteiger partial charge in [0, 0.05) is 29.0 Å². The molecule has 0 spiro atoms. The summed E-state index contributed by atoms with van der Waals surface area (Å²) in [4.78, 5) is 23.5. The van der Waals surface area contributed by atoms with E-state index in [0.717, 1.165) is 0 Å². The summed E-state index contributed by atoms with van der Waals surface area (Å²) >= 11 is 0. The molecule has 0 aliphatic heterocycles. The summed E-state index contributed by atoms with van der Waals surface area (Å²) in [7, 11) is 0. The third-order valence-corrected chi connectivity index (χ3v) is 4.16. The molecule has 6 nitrogen and oxygen atoms in total. The number of hydroxylamine groups is 1. The lowest BCUT2D eigenvalue weighted by molar-refractivity contribution is -0.111. The zero-order valence-electron chi connectivity index (χ0n) is 15.8.